The van der Waals surface area contributed by atoms with Gasteiger partial charge >= 0.3 is 0 Å². The lowest BCUT2D eigenvalue weighted by molar-refractivity contribution is -0.121. The molecule has 1 amide bonds. The van der Waals surface area contributed by atoms with Crippen molar-refractivity contribution < 1.29 is 9.90 Å². The summed E-state index contributed by atoms with van der Waals surface area (Å²) < 4.78 is 0. The second kappa shape index (κ2) is 9.56. The SMILES string of the molecule is CCCCC[C@@H](O)CCC(=O)NCc1ccccc1. The van der Waals surface area contributed by atoms with Crippen LogP contribution in [0.1, 0.15) is 51.0 Å². The van der Waals surface area contributed by atoms with E-state index >= 15 is 0 Å². The molecule has 0 spiro atoms. The van der Waals surface area contributed by atoms with Gasteiger partial charge in [0.05, 0.1) is 6.10 Å². The maximum Gasteiger partial charge on any atom is 0.220 e. The van der Waals surface area contributed by atoms with Gasteiger partial charge in [0.1, 0.15) is 0 Å². The number of amides is 1. The Labute approximate surface area is 116 Å². The van der Waals surface area contributed by atoms with Gasteiger partial charge < -0.3 is 10.4 Å². The zero-order valence-corrected chi connectivity index (χ0v) is 11.8. The summed E-state index contributed by atoms with van der Waals surface area (Å²) in [5, 5.41) is 12.6. The van der Waals surface area contributed by atoms with Crippen molar-refractivity contribution in [3.63, 3.8) is 0 Å². The van der Waals surface area contributed by atoms with Crippen LogP contribution in [0.2, 0.25) is 0 Å². The zero-order chi connectivity index (χ0) is 13.9. The van der Waals surface area contributed by atoms with Crippen LogP contribution >= 0.6 is 0 Å². The summed E-state index contributed by atoms with van der Waals surface area (Å²) in [7, 11) is 0. The van der Waals surface area contributed by atoms with Gasteiger partial charge in [-0.2, -0.15) is 0 Å². The Morgan fingerprint density at radius 2 is 1.95 bits per heavy atom. The number of aliphatic hydroxyl groups excluding tert-OH is 1. The summed E-state index contributed by atoms with van der Waals surface area (Å²) in [6.45, 7) is 2.70. The molecule has 0 fully saturated rings. The Morgan fingerprint density at radius 1 is 1.21 bits per heavy atom. The topological polar surface area (TPSA) is 49.3 Å². The first-order valence-electron chi connectivity index (χ1n) is 7.21. The van der Waals surface area contributed by atoms with Gasteiger partial charge in [0.15, 0.2) is 0 Å². The third kappa shape index (κ3) is 7.62. The van der Waals surface area contributed by atoms with Crippen LogP contribution in [0.25, 0.3) is 0 Å². The quantitative estimate of drug-likeness (QED) is 0.673. The lowest BCUT2D eigenvalue weighted by Crippen LogP contribution is -2.24. The van der Waals surface area contributed by atoms with Gasteiger partial charge in [-0.05, 0) is 18.4 Å². The van der Waals surface area contributed by atoms with E-state index in [-0.39, 0.29) is 12.0 Å². The Kier molecular flexibility index (Phi) is 7.91. The van der Waals surface area contributed by atoms with Gasteiger partial charge in [-0.1, -0.05) is 56.5 Å². The Hall–Kier alpha value is -1.35. The fourth-order valence-electron chi connectivity index (χ4n) is 1.96. The van der Waals surface area contributed by atoms with Crippen molar-refractivity contribution in [3.05, 3.63) is 35.9 Å². The first kappa shape index (κ1) is 15.7. The molecule has 1 rings (SSSR count). The third-order valence-electron chi connectivity index (χ3n) is 3.18. The van der Waals surface area contributed by atoms with E-state index in [0.717, 1.165) is 31.2 Å². The average Bonchev–Trinajstić information content (AvgIpc) is 2.44. The predicted octanol–water partition coefficient (Wildman–Crippen LogP) is 3.02. The highest BCUT2D eigenvalue weighted by molar-refractivity contribution is 5.75. The molecule has 0 saturated heterocycles. The van der Waals surface area contributed by atoms with Gasteiger partial charge in [0.25, 0.3) is 0 Å². The number of benzene rings is 1. The lowest BCUT2D eigenvalue weighted by atomic mass is 10.1. The number of hydrogen-bond acceptors (Lipinski definition) is 2. The minimum Gasteiger partial charge on any atom is -0.393 e. The fraction of sp³-hybridized carbons (Fsp3) is 0.562. The summed E-state index contributed by atoms with van der Waals surface area (Å²) in [5.74, 6) is 0.0124. The number of carbonyl (C=O) groups is 1. The average molecular weight is 263 g/mol. The molecule has 0 saturated carbocycles. The van der Waals surface area contributed by atoms with Gasteiger partial charge in [-0.3, -0.25) is 4.79 Å². The van der Waals surface area contributed by atoms with Crippen molar-refractivity contribution in [2.45, 2.75) is 58.1 Å². The van der Waals surface area contributed by atoms with E-state index < -0.39 is 0 Å². The van der Waals surface area contributed by atoms with Crippen LogP contribution in [-0.4, -0.2) is 17.1 Å². The Morgan fingerprint density at radius 3 is 2.63 bits per heavy atom. The molecule has 0 aliphatic rings. The van der Waals surface area contributed by atoms with Gasteiger partial charge in [-0.25, -0.2) is 0 Å². The number of nitrogens with one attached hydrogen (secondary N) is 1. The van der Waals surface area contributed by atoms with Crippen molar-refractivity contribution in [2.24, 2.45) is 0 Å². The fourth-order valence-corrected chi connectivity index (χ4v) is 1.96. The van der Waals surface area contributed by atoms with Crippen molar-refractivity contribution in [1.82, 2.24) is 5.32 Å². The smallest absolute Gasteiger partial charge is 0.220 e. The molecule has 1 atom stereocenters. The molecule has 106 valence electrons. The van der Waals surface area contributed by atoms with Crippen LogP contribution in [0.3, 0.4) is 0 Å². The first-order chi connectivity index (χ1) is 9.22. The van der Waals surface area contributed by atoms with E-state index in [4.69, 9.17) is 0 Å². The number of rotatable bonds is 9. The Balaban J connectivity index is 2.11. The molecule has 0 aliphatic carbocycles. The van der Waals surface area contributed by atoms with Crippen LogP contribution in [0.15, 0.2) is 30.3 Å². The molecule has 3 nitrogen and oxygen atoms in total. The van der Waals surface area contributed by atoms with Crippen LogP contribution in [0.5, 0.6) is 0 Å². The molecule has 0 aliphatic heterocycles. The maximum atomic E-state index is 11.6. The van der Waals surface area contributed by atoms with Crippen molar-refractivity contribution in [2.75, 3.05) is 0 Å². The van der Waals surface area contributed by atoms with Crippen LogP contribution in [0, 0.1) is 0 Å². The number of unbranched alkanes of at least 4 members (excludes halogenated alkanes) is 2. The highest BCUT2D eigenvalue weighted by atomic mass is 16.3. The maximum absolute atomic E-state index is 11.6. The zero-order valence-electron chi connectivity index (χ0n) is 11.8. The normalized spacial score (nSPS) is 12.1. The summed E-state index contributed by atoms with van der Waals surface area (Å²) in [6, 6.07) is 9.84. The standard InChI is InChI=1S/C16H25NO2/c1-2-3-5-10-15(18)11-12-16(19)17-13-14-8-6-4-7-9-14/h4,6-9,15,18H,2-3,5,10-13H2,1H3,(H,17,19)/t15-/m1/s1. The van der Waals surface area contributed by atoms with E-state index in [1.54, 1.807) is 0 Å². The summed E-state index contributed by atoms with van der Waals surface area (Å²) in [6.07, 6.45) is 4.78. The molecule has 19 heavy (non-hydrogen) atoms. The van der Waals surface area contributed by atoms with Crippen LogP contribution in [-0.2, 0) is 11.3 Å². The van der Waals surface area contributed by atoms with E-state index in [0.29, 0.717) is 19.4 Å². The van der Waals surface area contributed by atoms with E-state index in [1.807, 2.05) is 30.3 Å². The Bertz CT molecular complexity index is 351. The van der Waals surface area contributed by atoms with Crippen molar-refractivity contribution in [1.29, 1.82) is 0 Å². The number of hydrogen-bond donors (Lipinski definition) is 2. The van der Waals surface area contributed by atoms with Crippen molar-refractivity contribution >= 4 is 5.91 Å². The minimum atomic E-state index is -0.339. The van der Waals surface area contributed by atoms with Gasteiger partial charge in [-0.15, -0.1) is 0 Å². The van der Waals surface area contributed by atoms with Crippen LogP contribution < -0.4 is 5.32 Å². The highest BCUT2D eigenvalue weighted by Crippen LogP contribution is 2.08. The molecule has 0 radical (unpaired) electrons. The third-order valence-corrected chi connectivity index (χ3v) is 3.18. The molecule has 0 unspecified atom stereocenters. The summed E-state index contributed by atoms with van der Waals surface area (Å²) in [4.78, 5) is 11.6. The molecule has 0 bridgehead atoms. The van der Waals surface area contributed by atoms with Gasteiger partial charge in [0, 0.05) is 13.0 Å². The molecular formula is C16H25NO2. The van der Waals surface area contributed by atoms with Crippen molar-refractivity contribution in [3.8, 4) is 0 Å². The molecule has 1 aromatic carbocycles. The second-order valence-electron chi connectivity index (χ2n) is 4.95. The van der Waals surface area contributed by atoms with Crippen LogP contribution in [0.4, 0.5) is 0 Å². The first-order valence-corrected chi connectivity index (χ1v) is 7.21. The lowest BCUT2D eigenvalue weighted by Gasteiger charge is -2.10. The predicted molar refractivity (Wildman–Crippen MR) is 77.7 cm³/mol. The highest BCUT2D eigenvalue weighted by Gasteiger charge is 2.07. The van der Waals surface area contributed by atoms with Gasteiger partial charge in [0.2, 0.25) is 5.91 Å². The van der Waals surface area contributed by atoms with E-state index in [9.17, 15) is 9.90 Å². The molecular weight excluding hydrogens is 238 g/mol. The second-order valence-corrected chi connectivity index (χ2v) is 4.95. The molecule has 1 aromatic rings. The monoisotopic (exact) mass is 263 g/mol. The molecule has 3 heteroatoms. The summed E-state index contributed by atoms with van der Waals surface area (Å²) >= 11 is 0. The largest absolute Gasteiger partial charge is 0.393 e. The van der Waals surface area contributed by atoms with E-state index in [2.05, 4.69) is 12.2 Å². The summed E-state index contributed by atoms with van der Waals surface area (Å²) in [5.41, 5.74) is 1.10. The molecule has 0 heterocycles. The minimum absolute atomic E-state index is 0.0124. The van der Waals surface area contributed by atoms with E-state index in [1.165, 1.54) is 0 Å². The number of aliphatic hydroxyl groups is 1. The number of carbonyl (C=O) groups excluding carboxylic acids is 1. The molecule has 0 aromatic heterocycles. The molecule has 2 N–H and O–H groups in total.